The maximum absolute atomic E-state index is 13.9. The van der Waals surface area contributed by atoms with Gasteiger partial charge in [0, 0.05) is 6.54 Å². The SMILES string of the molecule is CCc1nc(N(CC)c2ccccc2F)sc1CO. The highest BCUT2D eigenvalue weighted by Crippen LogP contribution is 2.33. The van der Waals surface area contributed by atoms with E-state index in [4.69, 9.17) is 0 Å². The predicted octanol–water partition coefficient (Wildman–Crippen LogP) is 3.49. The van der Waals surface area contributed by atoms with E-state index >= 15 is 0 Å². The summed E-state index contributed by atoms with van der Waals surface area (Å²) in [5.41, 5.74) is 1.41. The molecule has 0 saturated carbocycles. The number of aromatic nitrogens is 1. The first-order valence-corrected chi connectivity index (χ1v) is 7.14. The summed E-state index contributed by atoms with van der Waals surface area (Å²) >= 11 is 1.42. The largest absolute Gasteiger partial charge is 0.391 e. The van der Waals surface area contributed by atoms with Crippen molar-refractivity contribution in [3.05, 3.63) is 40.7 Å². The number of anilines is 2. The van der Waals surface area contributed by atoms with Crippen LogP contribution in [0.1, 0.15) is 24.4 Å². The molecule has 0 spiro atoms. The summed E-state index contributed by atoms with van der Waals surface area (Å²) in [5.74, 6) is -0.261. The van der Waals surface area contributed by atoms with E-state index in [2.05, 4.69) is 4.98 Å². The molecule has 2 rings (SSSR count). The number of aliphatic hydroxyl groups excluding tert-OH is 1. The Kier molecular flexibility index (Phi) is 4.50. The molecule has 0 aliphatic carbocycles. The van der Waals surface area contributed by atoms with Gasteiger partial charge < -0.3 is 10.0 Å². The van der Waals surface area contributed by atoms with Gasteiger partial charge in [0.1, 0.15) is 5.82 Å². The van der Waals surface area contributed by atoms with Crippen LogP contribution in [0.4, 0.5) is 15.2 Å². The third kappa shape index (κ3) is 2.77. The number of hydrogen-bond donors (Lipinski definition) is 1. The molecule has 19 heavy (non-hydrogen) atoms. The van der Waals surface area contributed by atoms with Gasteiger partial charge in [-0.1, -0.05) is 30.4 Å². The zero-order chi connectivity index (χ0) is 13.8. The lowest BCUT2D eigenvalue weighted by molar-refractivity contribution is 0.284. The molecule has 1 heterocycles. The summed E-state index contributed by atoms with van der Waals surface area (Å²) in [4.78, 5) is 7.19. The number of benzene rings is 1. The van der Waals surface area contributed by atoms with Crippen LogP contribution in [-0.2, 0) is 13.0 Å². The molecular formula is C14H17FN2OS. The molecule has 0 aliphatic heterocycles. The zero-order valence-electron chi connectivity index (χ0n) is 11.1. The van der Waals surface area contributed by atoms with Crippen molar-refractivity contribution in [2.75, 3.05) is 11.4 Å². The molecule has 5 heteroatoms. The lowest BCUT2D eigenvalue weighted by atomic mass is 10.3. The van der Waals surface area contributed by atoms with Gasteiger partial charge in [-0.2, -0.15) is 0 Å². The number of rotatable bonds is 5. The number of thiazole rings is 1. The van der Waals surface area contributed by atoms with E-state index in [0.29, 0.717) is 12.2 Å². The van der Waals surface area contributed by atoms with E-state index in [9.17, 15) is 9.50 Å². The number of halogens is 1. The predicted molar refractivity (Wildman–Crippen MR) is 76.5 cm³/mol. The lowest BCUT2D eigenvalue weighted by Gasteiger charge is -2.20. The second-order valence-corrected chi connectivity index (χ2v) is 5.14. The average molecular weight is 280 g/mol. The molecule has 0 fully saturated rings. The first kappa shape index (κ1) is 14.0. The minimum absolute atomic E-state index is 0.0182. The fourth-order valence-electron chi connectivity index (χ4n) is 1.96. The second kappa shape index (κ2) is 6.12. The molecule has 0 amide bonds. The fraction of sp³-hybridized carbons (Fsp3) is 0.357. The van der Waals surface area contributed by atoms with E-state index in [1.807, 2.05) is 24.8 Å². The Morgan fingerprint density at radius 1 is 1.32 bits per heavy atom. The van der Waals surface area contributed by atoms with E-state index in [1.54, 1.807) is 12.1 Å². The molecule has 1 N–H and O–H groups in total. The Hall–Kier alpha value is -1.46. The smallest absolute Gasteiger partial charge is 0.190 e. The highest BCUT2D eigenvalue weighted by atomic mass is 32.1. The van der Waals surface area contributed by atoms with Gasteiger partial charge in [-0.25, -0.2) is 9.37 Å². The number of para-hydroxylation sites is 1. The minimum atomic E-state index is -0.261. The van der Waals surface area contributed by atoms with Crippen LogP contribution < -0.4 is 4.90 Å². The highest BCUT2D eigenvalue weighted by Gasteiger charge is 2.17. The normalized spacial score (nSPS) is 10.7. The van der Waals surface area contributed by atoms with Crippen molar-refractivity contribution in [1.82, 2.24) is 4.98 Å². The van der Waals surface area contributed by atoms with Gasteiger partial charge in [0.25, 0.3) is 0 Å². The summed E-state index contributed by atoms with van der Waals surface area (Å²) in [5, 5.41) is 10.1. The van der Waals surface area contributed by atoms with Gasteiger partial charge in [0.2, 0.25) is 0 Å². The maximum Gasteiger partial charge on any atom is 0.190 e. The number of hydrogen-bond acceptors (Lipinski definition) is 4. The van der Waals surface area contributed by atoms with Crippen molar-refractivity contribution in [2.24, 2.45) is 0 Å². The quantitative estimate of drug-likeness (QED) is 0.910. The second-order valence-electron chi connectivity index (χ2n) is 4.07. The topological polar surface area (TPSA) is 36.4 Å². The first-order chi connectivity index (χ1) is 9.21. The van der Waals surface area contributed by atoms with Crippen LogP contribution in [0.3, 0.4) is 0 Å². The van der Waals surface area contributed by atoms with E-state index in [-0.39, 0.29) is 12.4 Å². The summed E-state index contributed by atoms with van der Waals surface area (Å²) in [7, 11) is 0. The van der Waals surface area contributed by atoms with Gasteiger partial charge in [-0.3, -0.25) is 0 Å². The zero-order valence-corrected chi connectivity index (χ0v) is 11.9. The Morgan fingerprint density at radius 3 is 2.58 bits per heavy atom. The van der Waals surface area contributed by atoms with Crippen LogP contribution in [-0.4, -0.2) is 16.6 Å². The first-order valence-electron chi connectivity index (χ1n) is 6.32. The Labute approximate surface area is 116 Å². The van der Waals surface area contributed by atoms with Crippen molar-refractivity contribution in [3.63, 3.8) is 0 Å². The molecule has 3 nitrogen and oxygen atoms in total. The molecule has 1 aromatic carbocycles. The molecule has 102 valence electrons. The molecular weight excluding hydrogens is 263 g/mol. The number of aliphatic hydroxyl groups is 1. The van der Waals surface area contributed by atoms with Crippen LogP contribution in [0, 0.1) is 5.82 Å². The molecule has 0 atom stereocenters. The standard InChI is InChI=1S/C14H17FN2OS/c1-3-11-13(9-18)19-14(16-11)17(4-2)12-8-6-5-7-10(12)15/h5-8,18H,3-4,9H2,1-2H3. The van der Waals surface area contributed by atoms with Crippen molar-refractivity contribution >= 4 is 22.2 Å². The van der Waals surface area contributed by atoms with Crippen molar-refractivity contribution in [1.29, 1.82) is 0 Å². The van der Waals surface area contributed by atoms with Gasteiger partial charge in [-0.15, -0.1) is 0 Å². The third-order valence-electron chi connectivity index (χ3n) is 2.94. The fourth-order valence-corrected chi connectivity index (χ4v) is 3.05. The average Bonchev–Trinajstić information content (AvgIpc) is 2.85. The van der Waals surface area contributed by atoms with Crippen LogP contribution in [0.2, 0.25) is 0 Å². The molecule has 0 unspecified atom stereocenters. The summed E-state index contributed by atoms with van der Waals surface area (Å²) < 4.78 is 13.9. The summed E-state index contributed by atoms with van der Waals surface area (Å²) in [6.07, 6.45) is 0.765. The number of nitrogens with zero attached hydrogens (tertiary/aromatic N) is 2. The van der Waals surface area contributed by atoms with E-state index < -0.39 is 0 Å². The van der Waals surface area contributed by atoms with Gasteiger partial charge >= 0.3 is 0 Å². The Balaban J connectivity index is 2.42. The monoisotopic (exact) mass is 280 g/mol. The molecule has 0 saturated heterocycles. The Morgan fingerprint density at radius 2 is 2.05 bits per heavy atom. The molecule has 0 aliphatic rings. The molecule has 0 radical (unpaired) electrons. The minimum Gasteiger partial charge on any atom is -0.391 e. The summed E-state index contributed by atoms with van der Waals surface area (Å²) in [6.45, 7) is 4.56. The summed E-state index contributed by atoms with van der Waals surface area (Å²) in [6, 6.07) is 6.66. The molecule has 2 aromatic rings. The van der Waals surface area contributed by atoms with Crippen molar-refractivity contribution in [2.45, 2.75) is 26.9 Å². The number of aryl methyl sites for hydroxylation is 1. The van der Waals surface area contributed by atoms with Crippen molar-refractivity contribution < 1.29 is 9.50 Å². The van der Waals surface area contributed by atoms with Crippen LogP contribution in [0.5, 0.6) is 0 Å². The van der Waals surface area contributed by atoms with Crippen molar-refractivity contribution in [3.8, 4) is 0 Å². The maximum atomic E-state index is 13.9. The molecule has 1 aromatic heterocycles. The van der Waals surface area contributed by atoms with Crippen LogP contribution in [0.15, 0.2) is 24.3 Å². The molecule has 0 bridgehead atoms. The third-order valence-corrected chi connectivity index (χ3v) is 4.04. The lowest BCUT2D eigenvalue weighted by Crippen LogP contribution is -2.17. The van der Waals surface area contributed by atoms with E-state index in [0.717, 1.165) is 22.1 Å². The van der Waals surface area contributed by atoms with Crippen LogP contribution >= 0.6 is 11.3 Å². The van der Waals surface area contributed by atoms with Gasteiger partial charge in [-0.05, 0) is 25.5 Å². The van der Waals surface area contributed by atoms with E-state index in [1.165, 1.54) is 17.4 Å². The van der Waals surface area contributed by atoms with Gasteiger partial charge in [0.15, 0.2) is 5.13 Å². The van der Waals surface area contributed by atoms with Gasteiger partial charge in [0.05, 0.1) is 22.9 Å². The Bertz CT molecular complexity index is 535. The van der Waals surface area contributed by atoms with Crippen LogP contribution in [0.25, 0.3) is 0 Å². The highest BCUT2D eigenvalue weighted by molar-refractivity contribution is 7.15.